The Morgan fingerprint density at radius 2 is 2.27 bits per heavy atom. The summed E-state index contributed by atoms with van der Waals surface area (Å²) in [4.78, 5) is 37.1. The lowest BCUT2D eigenvalue weighted by Gasteiger charge is -2.17. The van der Waals surface area contributed by atoms with Crippen molar-refractivity contribution in [1.82, 2.24) is 20.2 Å². The highest BCUT2D eigenvalue weighted by Crippen LogP contribution is 2.27. The third-order valence-electron chi connectivity index (χ3n) is 3.56. The molecule has 0 spiro atoms. The molecule has 1 amide bonds. The molecule has 9 nitrogen and oxygen atoms in total. The highest BCUT2D eigenvalue weighted by atomic mass is 16.5. The van der Waals surface area contributed by atoms with Crippen LogP contribution in [-0.4, -0.2) is 52.9 Å². The Labute approximate surface area is 126 Å². The van der Waals surface area contributed by atoms with Gasteiger partial charge in [0.25, 0.3) is 5.56 Å². The first-order valence-corrected chi connectivity index (χ1v) is 6.98. The third-order valence-corrected chi connectivity index (χ3v) is 3.56. The van der Waals surface area contributed by atoms with Gasteiger partial charge in [-0.1, -0.05) is 0 Å². The molecule has 0 unspecified atom stereocenters. The van der Waals surface area contributed by atoms with E-state index in [9.17, 15) is 19.5 Å². The van der Waals surface area contributed by atoms with E-state index in [1.807, 2.05) is 0 Å². The van der Waals surface area contributed by atoms with Crippen molar-refractivity contribution >= 4 is 5.91 Å². The zero-order chi connectivity index (χ0) is 16.3. The molecule has 1 aliphatic heterocycles. The van der Waals surface area contributed by atoms with Crippen LogP contribution in [0.1, 0.15) is 18.2 Å². The number of amides is 1. The zero-order valence-corrected chi connectivity index (χ0v) is 12.5. The van der Waals surface area contributed by atoms with Crippen molar-refractivity contribution in [3.05, 3.63) is 32.6 Å². The fourth-order valence-corrected chi connectivity index (χ4v) is 2.44. The van der Waals surface area contributed by atoms with Crippen LogP contribution in [0.15, 0.2) is 15.8 Å². The van der Waals surface area contributed by atoms with Gasteiger partial charge in [-0.15, -0.1) is 0 Å². The molecule has 1 fully saturated rings. The Balaban J connectivity index is 2.18. The number of carbonyl (C=O) groups is 1. The van der Waals surface area contributed by atoms with E-state index in [0.29, 0.717) is 12.0 Å². The van der Waals surface area contributed by atoms with Gasteiger partial charge in [-0.05, 0) is 14.0 Å². The zero-order valence-electron chi connectivity index (χ0n) is 12.5. The molecular weight excluding hydrogens is 292 g/mol. The molecular formula is C13H20N4O5. The van der Waals surface area contributed by atoms with Crippen LogP contribution in [0.25, 0.3) is 0 Å². The van der Waals surface area contributed by atoms with E-state index in [1.165, 1.54) is 10.8 Å². The number of carbonyl (C=O) groups excluding carboxylic acids is 1. The predicted octanol–water partition coefficient (Wildman–Crippen LogP) is -2.17. The maximum Gasteiger partial charge on any atom is 0.330 e. The number of aliphatic hydroxyl groups is 1. The van der Waals surface area contributed by atoms with Gasteiger partial charge in [-0.3, -0.25) is 19.1 Å². The van der Waals surface area contributed by atoms with Gasteiger partial charge in [0.1, 0.15) is 12.3 Å². The van der Waals surface area contributed by atoms with Gasteiger partial charge in [0.2, 0.25) is 5.91 Å². The quantitative estimate of drug-likeness (QED) is 0.490. The van der Waals surface area contributed by atoms with Crippen molar-refractivity contribution in [3.8, 4) is 0 Å². The van der Waals surface area contributed by atoms with Gasteiger partial charge in [0.05, 0.1) is 19.2 Å². The number of aromatic amines is 1. The molecule has 22 heavy (non-hydrogen) atoms. The molecule has 122 valence electrons. The summed E-state index contributed by atoms with van der Waals surface area (Å²) in [5.74, 6) is -0.222. The first kappa shape index (κ1) is 16.4. The van der Waals surface area contributed by atoms with Crippen molar-refractivity contribution in [2.24, 2.45) is 0 Å². The number of hydrogen-bond donors (Lipinski definition) is 4. The van der Waals surface area contributed by atoms with E-state index >= 15 is 0 Å². The number of aliphatic hydroxyl groups excluding tert-OH is 1. The topological polar surface area (TPSA) is 125 Å². The number of likely N-dealkylation sites (N-methyl/N-ethyl adjacent to an activating group) is 1. The maximum atomic E-state index is 11.9. The number of hydrogen-bond acceptors (Lipinski definition) is 6. The molecule has 1 saturated heterocycles. The fourth-order valence-electron chi connectivity index (χ4n) is 2.44. The van der Waals surface area contributed by atoms with Crippen LogP contribution in [0.3, 0.4) is 0 Å². The van der Waals surface area contributed by atoms with E-state index in [4.69, 9.17) is 4.74 Å². The first-order chi connectivity index (χ1) is 10.5. The fraction of sp³-hybridized carbons (Fsp3) is 0.615. The summed E-state index contributed by atoms with van der Waals surface area (Å²) in [6.07, 6.45) is 0.481. The Kier molecular flexibility index (Phi) is 5.11. The van der Waals surface area contributed by atoms with Gasteiger partial charge in [-0.25, -0.2) is 4.79 Å². The standard InChI is InChI=1S/C13H20N4O5/c1-7-5-17(13(21)16-12(7)20)11-3-8(9(6-18)22-11)15-10(19)4-14-2/h5,8-9,11,14,18H,3-4,6H2,1-2H3,(H,15,19)(H,16,20,21)/t8-,9+,11+/m0/s1. The van der Waals surface area contributed by atoms with Crippen molar-refractivity contribution in [2.45, 2.75) is 31.7 Å². The number of nitrogens with one attached hydrogen (secondary N) is 3. The summed E-state index contributed by atoms with van der Waals surface area (Å²) in [7, 11) is 1.65. The Bertz CT molecular complexity index is 653. The van der Waals surface area contributed by atoms with Crippen molar-refractivity contribution in [2.75, 3.05) is 20.2 Å². The van der Waals surface area contributed by atoms with Gasteiger partial charge >= 0.3 is 5.69 Å². The lowest BCUT2D eigenvalue weighted by atomic mass is 10.1. The van der Waals surface area contributed by atoms with Crippen LogP contribution in [0.4, 0.5) is 0 Å². The summed E-state index contributed by atoms with van der Waals surface area (Å²) < 4.78 is 6.89. The lowest BCUT2D eigenvalue weighted by Crippen LogP contribution is -2.44. The van der Waals surface area contributed by atoms with E-state index in [0.717, 1.165) is 0 Å². The summed E-state index contributed by atoms with van der Waals surface area (Å²) in [5, 5.41) is 14.9. The number of aryl methyl sites for hydroxylation is 1. The van der Waals surface area contributed by atoms with Gasteiger partial charge in [0, 0.05) is 18.2 Å². The average molecular weight is 312 g/mol. The number of H-pyrrole nitrogens is 1. The summed E-state index contributed by atoms with van der Waals surface area (Å²) in [5.41, 5.74) is -0.650. The van der Waals surface area contributed by atoms with Crippen molar-refractivity contribution in [3.63, 3.8) is 0 Å². The van der Waals surface area contributed by atoms with Gasteiger partial charge in [0.15, 0.2) is 0 Å². The largest absolute Gasteiger partial charge is 0.394 e. The molecule has 9 heteroatoms. The normalized spacial score (nSPS) is 24.4. The van der Waals surface area contributed by atoms with E-state index < -0.39 is 29.6 Å². The number of ether oxygens (including phenoxy) is 1. The molecule has 1 aliphatic rings. The Morgan fingerprint density at radius 3 is 2.91 bits per heavy atom. The van der Waals surface area contributed by atoms with E-state index in [1.54, 1.807) is 14.0 Å². The molecule has 2 rings (SSSR count). The monoisotopic (exact) mass is 312 g/mol. The SMILES string of the molecule is CNCC(=O)N[C@H]1C[C@H](n2cc(C)c(=O)[nH]c2=O)O[C@@H]1CO. The van der Waals surface area contributed by atoms with Gasteiger partial charge < -0.3 is 20.5 Å². The molecule has 4 N–H and O–H groups in total. The first-order valence-electron chi connectivity index (χ1n) is 6.98. The molecule has 0 bridgehead atoms. The molecule has 0 aromatic carbocycles. The predicted molar refractivity (Wildman–Crippen MR) is 77.5 cm³/mol. The highest BCUT2D eigenvalue weighted by molar-refractivity contribution is 5.78. The second-order valence-electron chi connectivity index (χ2n) is 5.23. The number of aromatic nitrogens is 2. The molecule has 0 aliphatic carbocycles. The molecule has 1 aromatic rings. The van der Waals surface area contributed by atoms with Crippen LogP contribution >= 0.6 is 0 Å². The van der Waals surface area contributed by atoms with E-state index in [2.05, 4.69) is 15.6 Å². The molecule has 0 radical (unpaired) electrons. The van der Waals surface area contributed by atoms with Gasteiger partial charge in [-0.2, -0.15) is 0 Å². The average Bonchev–Trinajstić information content (AvgIpc) is 2.85. The Hall–Kier alpha value is -1.97. The second kappa shape index (κ2) is 6.86. The minimum atomic E-state index is -0.653. The van der Waals surface area contributed by atoms with Crippen LogP contribution in [0, 0.1) is 6.92 Å². The smallest absolute Gasteiger partial charge is 0.330 e. The summed E-state index contributed by atoms with van der Waals surface area (Å²) in [6.45, 7) is 1.45. The lowest BCUT2D eigenvalue weighted by molar-refractivity contribution is -0.121. The molecule has 2 heterocycles. The van der Waals surface area contributed by atoms with E-state index in [-0.39, 0.29) is 19.1 Å². The van der Waals surface area contributed by atoms with Crippen molar-refractivity contribution < 1.29 is 14.6 Å². The minimum absolute atomic E-state index is 0.150. The minimum Gasteiger partial charge on any atom is -0.394 e. The molecule has 3 atom stereocenters. The molecule has 1 aromatic heterocycles. The Morgan fingerprint density at radius 1 is 1.55 bits per heavy atom. The number of nitrogens with zero attached hydrogens (tertiary/aromatic N) is 1. The van der Waals surface area contributed by atoms with Crippen LogP contribution < -0.4 is 21.9 Å². The van der Waals surface area contributed by atoms with Crippen LogP contribution in [-0.2, 0) is 9.53 Å². The molecule has 0 saturated carbocycles. The summed E-state index contributed by atoms with van der Waals surface area (Å²) >= 11 is 0. The second-order valence-corrected chi connectivity index (χ2v) is 5.23. The highest BCUT2D eigenvalue weighted by Gasteiger charge is 2.37. The van der Waals surface area contributed by atoms with Crippen LogP contribution in [0.2, 0.25) is 0 Å². The maximum absolute atomic E-state index is 11.9. The number of rotatable bonds is 5. The van der Waals surface area contributed by atoms with Crippen molar-refractivity contribution in [1.29, 1.82) is 0 Å². The third kappa shape index (κ3) is 3.43. The summed E-state index contributed by atoms with van der Waals surface area (Å²) in [6, 6.07) is -0.407. The van der Waals surface area contributed by atoms with Crippen LogP contribution in [0.5, 0.6) is 0 Å².